The molecular formula is C19H18N4O4S. The Balaban J connectivity index is 1.60. The smallest absolute Gasteiger partial charge is 0.316 e. The van der Waals surface area contributed by atoms with E-state index in [1.165, 1.54) is 23.4 Å². The fraction of sp³-hybridized carbons (Fsp3) is 0.316. The van der Waals surface area contributed by atoms with Gasteiger partial charge in [-0.15, -0.1) is 5.10 Å². The molecule has 2 aromatic heterocycles. The van der Waals surface area contributed by atoms with Gasteiger partial charge in [0.05, 0.1) is 31.2 Å². The molecule has 0 saturated carbocycles. The van der Waals surface area contributed by atoms with Crippen molar-refractivity contribution in [2.45, 2.75) is 23.9 Å². The SMILES string of the molecule is COC(=O)CSc1nc2nc3c(cn2n1)C(=O)CC(c1ccc(OC)cc1)C3. The lowest BCUT2D eigenvalue weighted by atomic mass is 9.82. The van der Waals surface area contributed by atoms with E-state index in [2.05, 4.69) is 19.8 Å². The Morgan fingerprint density at radius 3 is 2.71 bits per heavy atom. The predicted octanol–water partition coefficient (Wildman–Crippen LogP) is 2.31. The second-order valence-corrected chi connectivity index (χ2v) is 7.35. The van der Waals surface area contributed by atoms with E-state index in [1.54, 1.807) is 13.3 Å². The van der Waals surface area contributed by atoms with Crippen LogP contribution in [-0.4, -0.2) is 51.3 Å². The van der Waals surface area contributed by atoms with Crippen LogP contribution in [0.15, 0.2) is 35.6 Å². The third kappa shape index (κ3) is 3.57. The molecule has 9 heteroatoms. The first-order chi connectivity index (χ1) is 13.6. The zero-order valence-corrected chi connectivity index (χ0v) is 16.2. The maximum absolute atomic E-state index is 12.7. The second-order valence-electron chi connectivity index (χ2n) is 6.41. The summed E-state index contributed by atoms with van der Waals surface area (Å²) in [5, 5.41) is 4.71. The molecule has 0 saturated heterocycles. The Hall–Kier alpha value is -2.94. The van der Waals surface area contributed by atoms with Gasteiger partial charge in [0.25, 0.3) is 5.78 Å². The number of ketones is 1. The summed E-state index contributed by atoms with van der Waals surface area (Å²) in [7, 11) is 2.96. The fourth-order valence-corrected chi connectivity index (χ4v) is 3.88. The molecule has 0 amide bonds. The maximum Gasteiger partial charge on any atom is 0.316 e. The molecule has 144 valence electrons. The molecule has 1 aromatic carbocycles. The summed E-state index contributed by atoms with van der Waals surface area (Å²) in [5.41, 5.74) is 2.38. The van der Waals surface area contributed by atoms with Gasteiger partial charge in [-0.3, -0.25) is 9.59 Å². The summed E-state index contributed by atoms with van der Waals surface area (Å²) in [6.07, 6.45) is 2.76. The summed E-state index contributed by atoms with van der Waals surface area (Å²) >= 11 is 1.17. The van der Waals surface area contributed by atoms with Crippen molar-refractivity contribution < 1.29 is 19.1 Å². The molecule has 4 rings (SSSR count). The summed E-state index contributed by atoms with van der Waals surface area (Å²) in [5.74, 6) is 1.06. The first-order valence-electron chi connectivity index (χ1n) is 8.70. The first kappa shape index (κ1) is 18.4. The third-order valence-electron chi connectivity index (χ3n) is 4.70. The van der Waals surface area contributed by atoms with Crippen molar-refractivity contribution in [1.29, 1.82) is 0 Å². The van der Waals surface area contributed by atoms with E-state index in [0.29, 0.717) is 29.3 Å². The number of aromatic nitrogens is 4. The number of thioether (sulfide) groups is 1. The Morgan fingerprint density at radius 1 is 1.21 bits per heavy atom. The highest BCUT2D eigenvalue weighted by molar-refractivity contribution is 7.99. The molecule has 0 aliphatic heterocycles. The lowest BCUT2D eigenvalue weighted by Crippen LogP contribution is -2.21. The van der Waals surface area contributed by atoms with Gasteiger partial charge >= 0.3 is 5.97 Å². The highest BCUT2D eigenvalue weighted by atomic mass is 32.2. The molecule has 0 radical (unpaired) electrons. The van der Waals surface area contributed by atoms with Crippen molar-refractivity contribution in [3.05, 3.63) is 47.3 Å². The molecule has 1 atom stereocenters. The number of esters is 1. The Morgan fingerprint density at radius 2 is 2.00 bits per heavy atom. The molecule has 1 aliphatic carbocycles. The van der Waals surface area contributed by atoms with Crippen molar-refractivity contribution in [2.24, 2.45) is 0 Å². The van der Waals surface area contributed by atoms with Crippen LogP contribution in [0.4, 0.5) is 0 Å². The number of Topliss-reactive ketones (excluding diaryl/α,β-unsaturated/α-hetero) is 1. The van der Waals surface area contributed by atoms with Gasteiger partial charge in [-0.1, -0.05) is 23.9 Å². The van der Waals surface area contributed by atoms with Crippen molar-refractivity contribution >= 4 is 29.3 Å². The van der Waals surface area contributed by atoms with E-state index < -0.39 is 0 Å². The topological polar surface area (TPSA) is 95.7 Å². The molecule has 0 fully saturated rings. The molecule has 1 unspecified atom stereocenters. The van der Waals surface area contributed by atoms with Crippen molar-refractivity contribution in [1.82, 2.24) is 19.6 Å². The number of carbonyl (C=O) groups excluding carboxylic acids is 2. The molecule has 3 aromatic rings. The van der Waals surface area contributed by atoms with Gasteiger partial charge in [-0.2, -0.15) is 4.98 Å². The molecule has 28 heavy (non-hydrogen) atoms. The first-order valence-corrected chi connectivity index (χ1v) is 9.69. The molecule has 0 bridgehead atoms. The van der Waals surface area contributed by atoms with Gasteiger partial charge in [-0.05, 0) is 30.0 Å². The zero-order valence-electron chi connectivity index (χ0n) is 15.4. The number of ether oxygens (including phenoxy) is 2. The molecule has 1 aliphatic rings. The van der Waals surface area contributed by atoms with E-state index in [0.717, 1.165) is 17.0 Å². The van der Waals surface area contributed by atoms with E-state index in [4.69, 9.17) is 4.74 Å². The largest absolute Gasteiger partial charge is 0.497 e. The van der Waals surface area contributed by atoms with Crippen LogP contribution in [0.5, 0.6) is 5.75 Å². The highest BCUT2D eigenvalue weighted by Gasteiger charge is 2.28. The fourth-order valence-electron chi connectivity index (χ4n) is 3.22. The lowest BCUT2D eigenvalue weighted by Gasteiger charge is -2.23. The van der Waals surface area contributed by atoms with E-state index >= 15 is 0 Å². The number of hydrogen-bond donors (Lipinski definition) is 0. The second kappa shape index (κ2) is 7.59. The standard InChI is InChI=1S/C19H18N4O4S/c1-26-13-5-3-11(4-6-13)12-7-15-14(16(24)8-12)9-23-18(20-15)21-19(22-23)28-10-17(25)27-2/h3-6,9,12H,7-8,10H2,1-2H3. The Labute approximate surface area is 165 Å². The average Bonchev–Trinajstić information content (AvgIpc) is 3.12. The van der Waals surface area contributed by atoms with Crippen LogP contribution in [-0.2, 0) is 16.0 Å². The number of benzene rings is 1. The summed E-state index contributed by atoms with van der Waals surface area (Å²) < 4.78 is 11.3. The van der Waals surface area contributed by atoms with E-state index in [1.807, 2.05) is 24.3 Å². The average molecular weight is 398 g/mol. The Bertz CT molecular complexity index is 1050. The van der Waals surface area contributed by atoms with E-state index in [9.17, 15) is 9.59 Å². The molecular weight excluding hydrogens is 380 g/mol. The van der Waals surface area contributed by atoms with Crippen LogP contribution in [0.25, 0.3) is 5.78 Å². The van der Waals surface area contributed by atoms with Crippen molar-refractivity contribution in [3.63, 3.8) is 0 Å². The number of rotatable bonds is 5. The lowest BCUT2D eigenvalue weighted by molar-refractivity contribution is -0.137. The van der Waals surface area contributed by atoms with Crippen molar-refractivity contribution in [3.8, 4) is 5.75 Å². The summed E-state index contributed by atoms with van der Waals surface area (Å²) in [6.45, 7) is 0. The number of fused-ring (bicyclic) bond motifs is 2. The van der Waals surface area contributed by atoms with Gasteiger partial charge < -0.3 is 9.47 Å². The van der Waals surface area contributed by atoms with Crippen LogP contribution >= 0.6 is 11.8 Å². The van der Waals surface area contributed by atoms with Crippen LogP contribution in [0.3, 0.4) is 0 Å². The highest BCUT2D eigenvalue weighted by Crippen LogP contribution is 2.32. The van der Waals surface area contributed by atoms with Gasteiger partial charge in [-0.25, -0.2) is 9.50 Å². The quantitative estimate of drug-likeness (QED) is 0.477. The number of methoxy groups -OCH3 is 2. The van der Waals surface area contributed by atoms with Gasteiger partial charge in [0.1, 0.15) is 5.75 Å². The molecule has 0 N–H and O–H groups in total. The normalized spacial score (nSPS) is 16.1. The van der Waals surface area contributed by atoms with Gasteiger partial charge in [0, 0.05) is 12.6 Å². The third-order valence-corrected chi connectivity index (χ3v) is 5.51. The Kier molecular flexibility index (Phi) is 4.99. The van der Waals surface area contributed by atoms with Gasteiger partial charge in [0.15, 0.2) is 5.78 Å². The minimum Gasteiger partial charge on any atom is -0.497 e. The van der Waals surface area contributed by atoms with E-state index in [-0.39, 0.29) is 23.4 Å². The summed E-state index contributed by atoms with van der Waals surface area (Å²) in [4.78, 5) is 32.9. The minimum atomic E-state index is -0.353. The number of carbonyl (C=O) groups is 2. The summed E-state index contributed by atoms with van der Waals surface area (Å²) in [6, 6.07) is 7.77. The number of nitrogens with zero attached hydrogens (tertiary/aromatic N) is 4. The molecule has 2 heterocycles. The maximum atomic E-state index is 12.7. The number of hydrogen-bond acceptors (Lipinski definition) is 8. The van der Waals surface area contributed by atoms with Gasteiger partial charge in [0.2, 0.25) is 5.16 Å². The zero-order chi connectivity index (χ0) is 19.7. The van der Waals surface area contributed by atoms with Crippen LogP contribution < -0.4 is 4.74 Å². The van der Waals surface area contributed by atoms with Crippen molar-refractivity contribution in [2.75, 3.05) is 20.0 Å². The van der Waals surface area contributed by atoms with Crippen LogP contribution in [0.1, 0.15) is 34.0 Å². The molecule has 0 spiro atoms. The minimum absolute atomic E-state index is 0.0377. The monoisotopic (exact) mass is 398 g/mol. The van der Waals surface area contributed by atoms with Crippen LogP contribution in [0.2, 0.25) is 0 Å². The van der Waals surface area contributed by atoms with Crippen LogP contribution in [0, 0.1) is 0 Å². The molecule has 8 nitrogen and oxygen atoms in total. The predicted molar refractivity (Wildman–Crippen MR) is 102 cm³/mol.